The van der Waals surface area contributed by atoms with Gasteiger partial charge < -0.3 is 0 Å². The van der Waals surface area contributed by atoms with E-state index < -0.39 is 0 Å². The van der Waals surface area contributed by atoms with E-state index in [4.69, 9.17) is 5.10 Å². The van der Waals surface area contributed by atoms with Crippen molar-refractivity contribution < 1.29 is 0 Å². The van der Waals surface area contributed by atoms with Crippen molar-refractivity contribution >= 4 is 23.5 Å². The van der Waals surface area contributed by atoms with Gasteiger partial charge in [-0.1, -0.05) is 30.3 Å². The molecule has 7 heteroatoms. The van der Waals surface area contributed by atoms with Crippen molar-refractivity contribution in [1.82, 2.24) is 24.7 Å². The summed E-state index contributed by atoms with van der Waals surface area (Å²) in [5, 5.41) is 18.4. The largest absolute Gasteiger partial charge is 0.270 e. The van der Waals surface area contributed by atoms with Gasteiger partial charge in [0.15, 0.2) is 5.82 Å². The third-order valence-electron chi connectivity index (χ3n) is 4.18. The van der Waals surface area contributed by atoms with E-state index in [0.29, 0.717) is 0 Å². The van der Waals surface area contributed by atoms with Crippen LogP contribution in [0.1, 0.15) is 29.6 Å². The summed E-state index contributed by atoms with van der Waals surface area (Å²) in [6, 6.07) is 10.2. The van der Waals surface area contributed by atoms with Gasteiger partial charge in [0.05, 0.1) is 6.20 Å². The predicted octanol–water partition coefficient (Wildman–Crippen LogP) is 3.51. The first-order valence-electron chi connectivity index (χ1n) is 8.16. The van der Waals surface area contributed by atoms with E-state index in [1.807, 2.05) is 36.0 Å². The fourth-order valence-corrected chi connectivity index (χ4v) is 3.75. The Kier molecular flexibility index (Phi) is 4.01. The molecule has 0 N–H and O–H groups in total. The lowest BCUT2D eigenvalue weighted by molar-refractivity contribution is 0.639. The third-order valence-corrected chi connectivity index (χ3v) is 5.15. The van der Waals surface area contributed by atoms with E-state index in [1.165, 1.54) is 0 Å². The van der Waals surface area contributed by atoms with Gasteiger partial charge in [0, 0.05) is 28.3 Å². The van der Waals surface area contributed by atoms with Gasteiger partial charge >= 0.3 is 0 Å². The standard InChI is InChI=1S/C18H18N6S/c1-4-23-12(2)15(11-19-23)10-16-17(14-8-6-5-7-9-14)22-24-13(3)20-21-18(24)25-16/h5-11H,4H2,1-3H3/b16-10-. The molecule has 1 aliphatic heterocycles. The molecule has 0 radical (unpaired) electrons. The van der Waals surface area contributed by atoms with Gasteiger partial charge in [-0.15, -0.1) is 10.2 Å². The maximum absolute atomic E-state index is 4.80. The van der Waals surface area contributed by atoms with Crippen LogP contribution in [0.15, 0.2) is 51.7 Å². The third kappa shape index (κ3) is 2.80. The van der Waals surface area contributed by atoms with E-state index in [9.17, 15) is 0 Å². The molecule has 0 aliphatic carbocycles. The Morgan fingerprint density at radius 1 is 1.12 bits per heavy atom. The maximum Gasteiger partial charge on any atom is 0.216 e. The fraction of sp³-hybridized carbons (Fsp3) is 0.222. The number of thioether (sulfide) groups is 1. The van der Waals surface area contributed by atoms with Crippen LogP contribution >= 0.6 is 11.8 Å². The Bertz CT molecular complexity index is 980. The van der Waals surface area contributed by atoms with Crippen molar-refractivity contribution in [3.05, 3.63) is 64.1 Å². The lowest BCUT2D eigenvalue weighted by atomic mass is 10.1. The molecule has 6 nitrogen and oxygen atoms in total. The number of aromatic nitrogens is 5. The van der Waals surface area contributed by atoms with E-state index in [2.05, 4.69) is 47.4 Å². The second-order valence-electron chi connectivity index (χ2n) is 5.77. The molecule has 0 spiro atoms. The van der Waals surface area contributed by atoms with Crippen LogP contribution in [0, 0.1) is 13.8 Å². The summed E-state index contributed by atoms with van der Waals surface area (Å²) >= 11 is 1.58. The Balaban J connectivity index is 1.86. The van der Waals surface area contributed by atoms with Crippen LogP contribution in [0.4, 0.5) is 0 Å². The molecule has 0 unspecified atom stereocenters. The van der Waals surface area contributed by atoms with Gasteiger partial charge in [-0.05, 0) is 38.6 Å². The lowest BCUT2D eigenvalue weighted by Gasteiger charge is -2.16. The molecular formula is C18H18N6S. The predicted molar refractivity (Wildman–Crippen MR) is 99.6 cm³/mol. The average Bonchev–Trinajstić information content (AvgIpc) is 3.18. The highest BCUT2D eigenvalue weighted by Crippen LogP contribution is 2.35. The number of allylic oxidation sites excluding steroid dienone is 1. The molecule has 1 aliphatic rings. The van der Waals surface area contributed by atoms with Crippen LogP contribution < -0.4 is 0 Å². The summed E-state index contributed by atoms with van der Waals surface area (Å²) in [6.45, 7) is 6.94. The van der Waals surface area contributed by atoms with Crippen molar-refractivity contribution in [1.29, 1.82) is 0 Å². The van der Waals surface area contributed by atoms with Crippen molar-refractivity contribution in [2.45, 2.75) is 32.5 Å². The number of hydrogen-bond donors (Lipinski definition) is 0. The fourth-order valence-electron chi connectivity index (χ4n) is 2.77. The second kappa shape index (κ2) is 6.33. The van der Waals surface area contributed by atoms with Crippen LogP contribution in [0.25, 0.3) is 6.08 Å². The van der Waals surface area contributed by atoms with Crippen LogP contribution in [-0.2, 0) is 6.54 Å². The monoisotopic (exact) mass is 350 g/mol. The minimum atomic E-state index is 0.781. The van der Waals surface area contributed by atoms with Crippen molar-refractivity contribution in [3.8, 4) is 0 Å². The summed E-state index contributed by atoms with van der Waals surface area (Å²) in [6.07, 6.45) is 4.04. The van der Waals surface area contributed by atoms with Crippen molar-refractivity contribution in [2.24, 2.45) is 5.10 Å². The van der Waals surface area contributed by atoms with Gasteiger partial charge in [0.2, 0.25) is 5.16 Å². The SMILES string of the molecule is CCn1ncc(/C=C2\Sc3nnc(C)n3N=C2c2ccccc2)c1C. The molecule has 126 valence electrons. The van der Waals surface area contributed by atoms with Gasteiger partial charge in [-0.2, -0.15) is 14.9 Å². The molecule has 0 saturated carbocycles. The Hall–Kier alpha value is -2.67. The maximum atomic E-state index is 4.80. The van der Waals surface area contributed by atoms with Gasteiger partial charge in [-0.3, -0.25) is 4.68 Å². The van der Waals surface area contributed by atoms with Gasteiger partial charge in [-0.25, -0.2) is 0 Å². The van der Waals surface area contributed by atoms with E-state index in [-0.39, 0.29) is 0 Å². The first kappa shape index (κ1) is 15.8. The molecule has 4 rings (SSSR count). The van der Waals surface area contributed by atoms with Crippen LogP contribution in [0.5, 0.6) is 0 Å². The molecule has 3 aromatic rings. The average molecular weight is 350 g/mol. The van der Waals surface area contributed by atoms with Gasteiger partial charge in [0.25, 0.3) is 0 Å². The Labute approximate surface area is 150 Å². The summed E-state index contributed by atoms with van der Waals surface area (Å²) in [7, 11) is 0. The summed E-state index contributed by atoms with van der Waals surface area (Å²) in [5.74, 6) is 0.782. The summed E-state index contributed by atoms with van der Waals surface area (Å²) in [4.78, 5) is 1.05. The van der Waals surface area contributed by atoms with Crippen molar-refractivity contribution in [3.63, 3.8) is 0 Å². The van der Waals surface area contributed by atoms with Crippen molar-refractivity contribution in [2.75, 3.05) is 0 Å². The topological polar surface area (TPSA) is 60.9 Å². The summed E-state index contributed by atoms with van der Waals surface area (Å²) < 4.78 is 3.79. The molecular weight excluding hydrogens is 332 g/mol. The number of fused-ring (bicyclic) bond motifs is 1. The number of aryl methyl sites for hydroxylation is 2. The molecule has 0 saturated heterocycles. The lowest BCUT2D eigenvalue weighted by Crippen LogP contribution is -2.12. The Morgan fingerprint density at radius 3 is 2.64 bits per heavy atom. The summed E-state index contributed by atoms with van der Waals surface area (Å²) in [5.41, 5.74) is 4.23. The van der Waals surface area contributed by atoms with E-state index >= 15 is 0 Å². The molecule has 0 amide bonds. The van der Waals surface area contributed by atoms with Crippen LogP contribution in [-0.4, -0.2) is 30.4 Å². The zero-order valence-corrected chi connectivity index (χ0v) is 15.2. The number of nitrogens with zero attached hydrogens (tertiary/aromatic N) is 6. The quantitative estimate of drug-likeness (QED) is 0.725. The number of hydrogen-bond acceptors (Lipinski definition) is 5. The van der Waals surface area contributed by atoms with E-state index in [0.717, 1.165) is 45.0 Å². The second-order valence-corrected chi connectivity index (χ2v) is 6.78. The molecule has 2 aromatic heterocycles. The molecule has 1 aromatic carbocycles. The zero-order valence-electron chi connectivity index (χ0n) is 14.3. The minimum absolute atomic E-state index is 0.781. The number of benzene rings is 1. The molecule has 3 heterocycles. The first-order chi connectivity index (χ1) is 12.2. The molecule has 0 fully saturated rings. The number of rotatable bonds is 3. The molecule has 25 heavy (non-hydrogen) atoms. The molecule has 0 bridgehead atoms. The Morgan fingerprint density at radius 2 is 1.92 bits per heavy atom. The first-order valence-corrected chi connectivity index (χ1v) is 8.97. The van der Waals surface area contributed by atoms with Crippen LogP contribution in [0.3, 0.4) is 0 Å². The highest BCUT2D eigenvalue weighted by atomic mass is 32.2. The smallest absolute Gasteiger partial charge is 0.216 e. The van der Waals surface area contributed by atoms with E-state index in [1.54, 1.807) is 16.4 Å². The highest BCUT2D eigenvalue weighted by Gasteiger charge is 2.23. The molecule has 0 atom stereocenters. The normalized spacial score (nSPS) is 15.3. The van der Waals surface area contributed by atoms with Gasteiger partial charge in [0.1, 0.15) is 5.71 Å². The van der Waals surface area contributed by atoms with Crippen LogP contribution in [0.2, 0.25) is 0 Å². The highest BCUT2D eigenvalue weighted by molar-refractivity contribution is 8.04. The minimum Gasteiger partial charge on any atom is -0.270 e. The zero-order chi connectivity index (χ0) is 17.4.